The molecule has 33 heavy (non-hydrogen) atoms. The molecule has 2 aliphatic heterocycles. The van der Waals surface area contributed by atoms with Gasteiger partial charge in [-0.3, -0.25) is 4.90 Å². The van der Waals surface area contributed by atoms with Crippen LogP contribution in [0.15, 0.2) is 48.5 Å². The SMILES string of the molecule is CC(C)(C)c1nn(-c2ccccc2)c(N)c1CN1CCN(c2cccc3c2OCCO3)CC1. The molecule has 0 bridgehead atoms. The third-order valence-electron chi connectivity index (χ3n) is 6.37. The molecular weight excluding hydrogens is 414 g/mol. The van der Waals surface area contributed by atoms with E-state index >= 15 is 0 Å². The van der Waals surface area contributed by atoms with Crippen molar-refractivity contribution in [3.63, 3.8) is 0 Å². The summed E-state index contributed by atoms with van der Waals surface area (Å²) in [6.45, 7) is 12.4. The lowest BCUT2D eigenvalue weighted by molar-refractivity contribution is 0.171. The van der Waals surface area contributed by atoms with Gasteiger partial charge in [0.1, 0.15) is 19.0 Å². The predicted octanol–water partition coefficient (Wildman–Crippen LogP) is 3.85. The second kappa shape index (κ2) is 8.63. The Balaban J connectivity index is 1.35. The highest BCUT2D eigenvalue weighted by molar-refractivity contribution is 5.65. The molecule has 0 atom stereocenters. The molecule has 7 heteroatoms. The number of fused-ring (bicyclic) bond motifs is 1. The maximum Gasteiger partial charge on any atom is 0.184 e. The van der Waals surface area contributed by atoms with Gasteiger partial charge in [-0.2, -0.15) is 5.10 Å². The summed E-state index contributed by atoms with van der Waals surface area (Å²) in [7, 11) is 0. The van der Waals surface area contributed by atoms with Gasteiger partial charge in [0, 0.05) is 43.7 Å². The third-order valence-corrected chi connectivity index (χ3v) is 6.37. The highest BCUT2D eigenvalue weighted by Gasteiger charge is 2.29. The summed E-state index contributed by atoms with van der Waals surface area (Å²) in [6, 6.07) is 16.3. The molecule has 0 aliphatic carbocycles. The van der Waals surface area contributed by atoms with Crippen LogP contribution in [0.1, 0.15) is 32.0 Å². The molecule has 174 valence electrons. The number of hydrogen-bond acceptors (Lipinski definition) is 6. The molecule has 1 aromatic heterocycles. The maximum absolute atomic E-state index is 6.68. The van der Waals surface area contributed by atoms with Crippen LogP contribution >= 0.6 is 0 Å². The maximum atomic E-state index is 6.68. The number of para-hydroxylation sites is 2. The minimum Gasteiger partial charge on any atom is -0.486 e. The summed E-state index contributed by atoms with van der Waals surface area (Å²) in [4.78, 5) is 4.87. The van der Waals surface area contributed by atoms with Crippen LogP contribution in [-0.2, 0) is 12.0 Å². The molecule has 3 heterocycles. The van der Waals surface area contributed by atoms with Gasteiger partial charge in [0.15, 0.2) is 11.5 Å². The Morgan fingerprint density at radius 3 is 2.36 bits per heavy atom. The third kappa shape index (κ3) is 4.25. The number of nitrogen functional groups attached to an aromatic ring is 1. The largest absolute Gasteiger partial charge is 0.486 e. The van der Waals surface area contributed by atoms with Crippen LogP contribution in [0.25, 0.3) is 5.69 Å². The first-order chi connectivity index (χ1) is 15.9. The average molecular weight is 448 g/mol. The molecule has 5 rings (SSSR count). The number of benzene rings is 2. The number of nitrogens with two attached hydrogens (primary N) is 1. The molecule has 1 saturated heterocycles. The van der Waals surface area contributed by atoms with Crippen molar-refractivity contribution in [1.82, 2.24) is 14.7 Å². The van der Waals surface area contributed by atoms with Crippen LogP contribution in [0, 0.1) is 0 Å². The van der Waals surface area contributed by atoms with Crippen molar-refractivity contribution in [1.29, 1.82) is 0 Å². The molecule has 2 N–H and O–H groups in total. The monoisotopic (exact) mass is 447 g/mol. The molecule has 2 aromatic carbocycles. The normalized spacial score (nSPS) is 16.8. The molecule has 0 unspecified atom stereocenters. The van der Waals surface area contributed by atoms with E-state index in [0.717, 1.165) is 72.7 Å². The molecule has 2 aliphatic rings. The Labute approximate surface area is 195 Å². The summed E-state index contributed by atoms with van der Waals surface area (Å²) < 4.78 is 13.6. The fraction of sp³-hybridized carbons (Fsp3) is 0.423. The van der Waals surface area contributed by atoms with Crippen LogP contribution in [0.5, 0.6) is 11.5 Å². The van der Waals surface area contributed by atoms with Gasteiger partial charge in [-0.15, -0.1) is 0 Å². The van der Waals surface area contributed by atoms with Crippen LogP contribution < -0.4 is 20.1 Å². The molecule has 7 nitrogen and oxygen atoms in total. The Morgan fingerprint density at radius 1 is 0.909 bits per heavy atom. The summed E-state index contributed by atoms with van der Waals surface area (Å²) in [5.74, 6) is 2.45. The van der Waals surface area contributed by atoms with E-state index < -0.39 is 0 Å². The quantitative estimate of drug-likeness (QED) is 0.655. The highest BCUT2D eigenvalue weighted by Crippen LogP contribution is 2.40. The zero-order chi connectivity index (χ0) is 23.0. The number of rotatable bonds is 4. The zero-order valence-electron chi connectivity index (χ0n) is 19.8. The fourth-order valence-corrected chi connectivity index (χ4v) is 4.67. The fourth-order valence-electron chi connectivity index (χ4n) is 4.67. The lowest BCUT2D eigenvalue weighted by Crippen LogP contribution is -2.46. The first-order valence-corrected chi connectivity index (χ1v) is 11.7. The summed E-state index contributed by atoms with van der Waals surface area (Å²) >= 11 is 0. The number of anilines is 2. The van der Waals surface area contributed by atoms with Crippen molar-refractivity contribution >= 4 is 11.5 Å². The lowest BCUT2D eigenvalue weighted by atomic mass is 9.89. The predicted molar refractivity (Wildman–Crippen MR) is 132 cm³/mol. The smallest absolute Gasteiger partial charge is 0.184 e. The van der Waals surface area contributed by atoms with Crippen molar-refractivity contribution in [2.75, 3.05) is 50.0 Å². The zero-order valence-corrected chi connectivity index (χ0v) is 19.8. The number of hydrogen-bond donors (Lipinski definition) is 1. The van der Waals surface area contributed by atoms with Gasteiger partial charge in [0.2, 0.25) is 0 Å². The van der Waals surface area contributed by atoms with Crippen molar-refractivity contribution in [3.05, 3.63) is 59.8 Å². The topological polar surface area (TPSA) is 68.8 Å². The van der Waals surface area contributed by atoms with Gasteiger partial charge in [-0.25, -0.2) is 4.68 Å². The number of nitrogens with zero attached hydrogens (tertiary/aromatic N) is 4. The average Bonchev–Trinajstić information content (AvgIpc) is 3.16. The Bertz CT molecular complexity index is 1110. The highest BCUT2D eigenvalue weighted by atomic mass is 16.6. The van der Waals surface area contributed by atoms with E-state index in [1.807, 2.05) is 47.1 Å². The summed E-state index contributed by atoms with van der Waals surface area (Å²) in [5, 5.41) is 4.95. The number of piperazine rings is 1. The van der Waals surface area contributed by atoms with Crippen molar-refractivity contribution in [2.24, 2.45) is 0 Å². The molecule has 0 spiro atoms. The van der Waals surface area contributed by atoms with E-state index in [-0.39, 0.29) is 5.41 Å². The summed E-state index contributed by atoms with van der Waals surface area (Å²) in [5.41, 5.74) is 10.9. The van der Waals surface area contributed by atoms with Gasteiger partial charge >= 0.3 is 0 Å². The Kier molecular flexibility index (Phi) is 5.66. The van der Waals surface area contributed by atoms with E-state index in [9.17, 15) is 0 Å². The van der Waals surface area contributed by atoms with Gasteiger partial charge in [0.05, 0.1) is 17.1 Å². The molecule has 0 amide bonds. The van der Waals surface area contributed by atoms with Crippen LogP contribution in [0.3, 0.4) is 0 Å². The second-order valence-electron chi connectivity index (χ2n) is 9.77. The standard InChI is InChI=1S/C26H33N5O2/c1-26(2,3)24-20(25(27)31(28-24)19-8-5-4-6-9-19)18-29-12-14-30(15-13-29)21-10-7-11-22-23(21)33-17-16-32-22/h4-11H,12-18,27H2,1-3H3. The van der Waals surface area contributed by atoms with Crippen LogP contribution in [-0.4, -0.2) is 54.1 Å². The first kappa shape index (κ1) is 21.6. The first-order valence-electron chi connectivity index (χ1n) is 11.7. The Morgan fingerprint density at radius 2 is 1.64 bits per heavy atom. The van der Waals surface area contributed by atoms with Crippen LogP contribution in [0.4, 0.5) is 11.5 Å². The van der Waals surface area contributed by atoms with Crippen molar-refractivity contribution in [3.8, 4) is 17.2 Å². The molecule has 0 saturated carbocycles. The Hall–Kier alpha value is -3.19. The molecule has 0 radical (unpaired) electrons. The minimum atomic E-state index is -0.0915. The van der Waals surface area contributed by atoms with E-state index in [4.69, 9.17) is 20.3 Å². The summed E-state index contributed by atoms with van der Waals surface area (Å²) in [6.07, 6.45) is 0. The number of ether oxygens (including phenoxy) is 2. The van der Waals surface area contributed by atoms with Gasteiger partial charge in [-0.05, 0) is 24.3 Å². The van der Waals surface area contributed by atoms with E-state index in [1.165, 1.54) is 0 Å². The van der Waals surface area contributed by atoms with Gasteiger partial charge in [-0.1, -0.05) is 45.0 Å². The number of aromatic nitrogens is 2. The second-order valence-corrected chi connectivity index (χ2v) is 9.77. The van der Waals surface area contributed by atoms with E-state index in [0.29, 0.717) is 13.2 Å². The van der Waals surface area contributed by atoms with Crippen LogP contribution in [0.2, 0.25) is 0 Å². The molecule has 3 aromatic rings. The van der Waals surface area contributed by atoms with Gasteiger partial charge in [0.25, 0.3) is 0 Å². The van der Waals surface area contributed by atoms with Crippen molar-refractivity contribution < 1.29 is 9.47 Å². The van der Waals surface area contributed by atoms with Gasteiger partial charge < -0.3 is 20.1 Å². The lowest BCUT2D eigenvalue weighted by Gasteiger charge is -2.37. The van der Waals surface area contributed by atoms with E-state index in [1.54, 1.807) is 0 Å². The molecular formula is C26H33N5O2. The van der Waals surface area contributed by atoms with Crippen molar-refractivity contribution in [2.45, 2.75) is 32.7 Å². The van der Waals surface area contributed by atoms with E-state index in [2.05, 4.69) is 36.6 Å². The molecule has 1 fully saturated rings. The minimum absolute atomic E-state index is 0.0915.